The van der Waals surface area contributed by atoms with Crippen molar-refractivity contribution in [2.75, 3.05) is 18.1 Å². The Bertz CT molecular complexity index is 639. The van der Waals surface area contributed by atoms with Crippen LogP contribution in [0.15, 0.2) is 53.4 Å². The van der Waals surface area contributed by atoms with E-state index in [4.69, 9.17) is 0 Å². The molecule has 3 nitrogen and oxygen atoms in total. The molecule has 1 aliphatic heterocycles. The van der Waals surface area contributed by atoms with Crippen LogP contribution in [0.3, 0.4) is 0 Å². The summed E-state index contributed by atoms with van der Waals surface area (Å²) < 4.78 is 0. The molecule has 108 valence electrons. The van der Waals surface area contributed by atoms with Gasteiger partial charge in [-0.05, 0) is 48.1 Å². The van der Waals surface area contributed by atoms with Gasteiger partial charge >= 0.3 is 6.03 Å². The number of carbonyl (C=O) groups excluding carboxylic acids is 1. The maximum atomic E-state index is 12.3. The molecule has 2 amide bonds. The second kappa shape index (κ2) is 6.22. The standard InChI is InChI=1S/C17H18N2OS/c1-21-16-8-6-15(7-9-16)18-17(20)19-11-10-13-4-2-3-5-14(13)12-19/h2-9H,10-12H2,1H3,(H,18,20). The highest BCUT2D eigenvalue weighted by Gasteiger charge is 2.20. The third kappa shape index (κ3) is 3.22. The lowest BCUT2D eigenvalue weighted by Crippen LogP contribution is -2.38. The summed E-state index contributed by atoms with van der Waals surface area (Å²) in [5.41, 5.74) is 3.44. The fourth-order valence-electron chi connectivity index (χ4n) is 2.55. The number of nitrogens with one attached hydrogen (secondary N) is 1. The molecule has 0 saturated heterocycles. The number of carbonyl (C=O) groups is 1. The van der Waals surface area contributed by atoms with Crippen LogP contribution in [-0.2, 0) is 13.0 Å². The topological polar surface area (TPSA) is 32.3 Å². The Balaban J connectivity index is 1.66. The van der Waals surface area contributed by atoms with Gasteiger partial charge in [0.15, 0.2) is 0 Å². The van der Waals surface area contributed by atoms with E-state index in [9.17, 15) is 4.79 Å². The second-order valence-corrected chi connectivity index (χ2v) is 5.98. The summed E-state index contributed by atoms with van der Waals surface area (Å²) in [7, 11) is 0. The van der Waals surface area contributed by atoms with Crippen LogP contribution >= 0.6 is 11.8 Å². The number of benzene rings is 2. The minimum Gasteiger partial charge on any atom is -0.320 e. The van der Waals surface area contributed by atoms with E-state index in [2.05, 4.69) is 23.5 Å². The van der Waals surface area contributed by atoms with Crippen molar-refractivity contribution < 1.29 is 4.79 Å². The minimum absolute atomic E-state index is 0.0265. The molecule has 3 rings (SSSR count). The normalized spacial score (nSPS) is 13.7. The number of urea groups is 1. The summed E-state index contributed by atoms with van der Waals surface area (Å²) in [6, 6.07) is 16.2. The van der Waals surface area contributed by atoms with Crippen molar-refractivity contribution >= 4 is 23.5 Å². The van der Waals surface area contributed by atoms with E-state index in [1.165, 1.54) is 16.0 Å². The van der Waals surface area contributed by atoms with Gasteiger partial charge in [-0.25, -0.2) is 4.79 Å². The third-order valence-electron chi connectivity index (χ3n) is 3.76. The molecule has 2 aromatic carbocycles. The van der Waals surface area contributed by atoms with Gasteiger partial charge in [0.25, 0.3) is 0 Å². The van der Waals surface area contributed by atoms with Crippen molar-refractivity contribution in [1.82, 2.24) is 4.90 Å². The fourth-order valence-corrected chi connectivity index (χ4v) is 2.95. The van der Waals surface area contributed by atoms with E-state index in [0.717, 1.165) is 18.7 Å². The van der Waals surface area contributed by atoms with Gasteiger partial charge in [0.1, 0.15) is 0 Å². The molecular formula is C17H18N2OS. The highest BCUT2D eigenvalue weighted by molar-refractivity contribution is 7.98. The largest absolute Gasteiger partial charge is 0.322 e. The predicted octanol–water partition coefficient (Wildman–Crippen LogP) is 4.00. The van der Waals surface area contributed by atoms with Crippen LogP contribution in [0.2, 0.25) is 0 Å². The zero-order valence-electron chi connectivity index (χ0n) is 12.0. The van der Waals surface area contributed by atoms with Crippen molar-refractivity contribution in [2.45, 2.75) is 17.9 Å². The summed E-state index contributed by atoms with van der Waals surface area (Å²) in [5, 5.41) is 2.97. The van der Waals surface area contributed by atoms with Gasteiger partial charge in [-0.2, -0.15) is 0 Å². The van der Waals surface area contributed by atoms with Gasteiger partial charge in [-0.15, -0.1) is 11.8 Å². The summed E-state index contributed by atoms with van der Waals surface area (Å²) >= 11 is 1.69. The average molecular weight is 298 g/mol. The van der Waals surface area contributed by atoms with Crippen LogP contribution in [0.25, 0.3) is 0 Å². The molecule has 0 atom stereocenters. The molecular weight excluding hydrogens is 280 g/mol. The van der Waals surface area contributed by atoms with E-state index in [0.29, 0.717) is 6.54 Å². The Morgan fingerprint density at radius 1 is 1.10 bits per heavy atom. The van der Waals surface area contributed by atoms with Crippen molar-refractivity contribution in [2.24, 2.45) is 0 Å². The summed E-state index contributed by atoms with van der Waals surface area (Å²) in [4.78, 5) is 15.4. The first-order chi connectivity index (χ1) is 10.3. The molecule has 0 radical (unpaired) electrons. The smallest absolute Gasteiger partial charge is 0.320 e. The lowest BCUT2D eigenvalue weighted by molar-refractivity contribution is 0.206. The highest BCUT2D eigenvalue weighted by atomic mass is 32.2. The Kier molecular flexibility index (Phi) is 4.15. The van der Waals surface area contributed by atoms with E-state index >= 15 is 0 Å². The second-order valence-electron chi connectivity index (χ2n) is 5.10. The van der Waals surface area contributed by atoms with Crippen LogP contribution in [0.5, 0.6) is 0 Å². The number of thioether (sulfide) groups is 1. The van der Waals surface area contributed by atoms with Gasteiger partial charge in [0, 0.05) is 23.7 Å². The van der Waals surface area contributed by atoms with Gasteiger partial charge in [0.2, 0.25) is 0 Å². The van der Waals surface area contributed by atoms with E-state index in [1.807, 2.05) is 41.5 Å². The summed E-state index contributed by atoms with van der Waals surface area (Å²) in [6.07, 6.45) is 2.97. The number of fused-ring (bicyclic) bond motifs is 1. The molecule has 1 aliphatic rings. The fraction of sp³-hybridized carbons (Fsp3) is 0.235. The minimum atomic E-state index is -0.0265. The van der Waals surface area contributed by atoms with Crippen molar-refractivity contribution in [3.8, 4) is 0 Å². The number of amides is 2. The lowest BCUT2D eigenvalue weighted by Gasteiger charge is -2.29. The summed E-state index contributed by atoms with van der Waals surface area (Å²) in [5.74, 6) is 0. The quantitative estimate of drug-likeness (QED) is 0.850. The monoisotopic (exact) mass is 298 g/mol. The number of hydrogen-bond donors (Lipinski definition) is 1. The molecule has 1 heterocycles. The van der Waals surface area contributed by atoms with Crippen LogP contribution in [0, 0.1) is 0 Å². The van der Waals surface area contributed by atoms with E-state index < -0.39 is 0 Å². The molecule has 0 saturated carbocycles. The molecule has 21 heavy (non-hydrogen) atoms. The molecule has 0 unspecified atom stereocenters. The number of hydrogen-bond acceptors (Lipinski definition) is 2. The zero-order valence-corrected chi connectivity index (χ0v) is 12.8. The molecule has 0 aromatic heterocycles. The zero-order chi connectivity index (χ0) is 14.7. The number of anilines is 1. The number of rotatable bonds is 2. The van der Waals surface area contributed by atoms with Gasteiger partial charge in [-0.3, -0.25) is 0 Å². The third-order valence-corrected chi connectivity index (χ3v) is 4.50. The maximum absolute atomic E-state index is 12.3. The molecule has 0 bridgehead atoms. The van der Waals surface area contributed by atoms with Crippen LogP contribution in [0.1, 0.15) is 11.1 Å². The van der Waals surface area contributed by atoms with Gasteiger partial charge in [-0.1, -0.05) is 24.3 Å². The highest BCUT2D eigenvalue weighted by Crippen LogP contribution is 2.21. The molecule has 1 N–H and O–H groups in total. The number of nitrogens with zero attached hydrogens (tertiary/aromatic N) is 1. The Hall–Kier alpha value is -1.94. The molecule has 4 heteroatoms. The van der Waals surface area contributed by atoms with Crippen LogP contribution < -0.4 is 5.32 Å². The van der Waals surface area contributed by atoms with Crippen molar-refractivity contribution in [3.63, 3.8) is 0 Å². The first kappa shape index (κ1) is 14.0. The van der Waals surface area contributed by atoms with Crippen molar-refractivity contribution in [1.29, 1.82) is 0 Å². The average Bonchev–Trinajstić information content (AvgIpc) is 2.55. The van der Waals surface area contributed by atoms with Crippen LogP contribution in [0.4, 0.5) is 10.5 Å². The lowest BCUT2D eigenvalue weighted by atomic mass is 10.0. The molecule has 2 aromatic rings. The Morgan fingerprint density at radius 2 is 1.81 bits per heavy atom. The Morgan fingerprint density at radius 3 is 2.52 bits per heavy atom. The first-order valence-corrected chi connectivity index (χ1v) is 8.25. The summed E-state index contributed by atoms with van der Waals surface area (Å²) in [6.45, 7) is 1.46. The molecule has 0 fully saturated rings. The SMILES string of the molecule is CSc1ccc(NC(=O)N2CCc3ccccc3C2)cc1. The van der Waals surface area contributed by atoms with Gasteiger partial charge in [0.05, 0.1) is 0 Å². The van der Waals surface area contributed by atoms with Crippen LogP contribution in [-0.4, -0.2) is 23.7 Å². The van der Waals surface area contributed by atoms with Crippen molar-refractivity contribution in [3.05, 3.63) is 59.7 Å². The molecule has 0 spiro atoms. The van der Waals surface area contributed by atoms with E-state index in [-0.39, 0.29) is 6.03 Å². The molecule has 0 aliphatic carbocycles. The Labute approximate surface area is 129 Å². The van der Waals surface area contributed by atoms with Gasteiger partial charge < -0.3 is 10.2 Å². The predicted molar refractivity (Wildman–Crippen MR) is 87.8 cm³/mol. The maximum Gasteiger partial charge on any atom is 0.322 e. The van der Waals surface area contributed by atoms with E-state index in [1.54, 1.807) is 11.8 Å². The first-order valence-electron chi connectivity index (χ1n) is 7.03.